The molecule has 0 amide bonds. The first-order valence-electron chi connectivity index (χ1n) is 3.93. The molecule has 5 nitrogen and oxygen atoms in total. The van der Waals surface area contributed by atoms with Crippen molar-refractivity contribution in [1.29, 1.82) is 0 Å². The minimum atomic E-state index is -1.08. The van der Waals surface area contributed by atoms with Crippen LogP contribution in [0.15, 0.2) is 18.2 Å². The van der Waals surface area contributed by atoms with Gasteiger partial charge in [-0.05, 0) is 13.8 Å². The summed E-state index contributed by atoms with van der Waals surface area (Å²) in [7, 11) is 0. The third-order valence-corrected chi connectivity index (χ3v) is 0.728. The summed E-state index contributed by atoms with van der Waals surface area (Å²) >= 11 is 0. The Morgan fingerprint density at radius 1 is 1.17 bits per heavy atom. The van der Waals surface area contributed by atoms with Crippen molar-refractivity contribution >= 4 is 11.9 Å². The van der Waals surface area contributed by atoms with Crippen LogP contribution in [0.2, 0.25) is 0 Å². The van der Waals surface area contributed by atoms with Crippen LogP contribution >= 0.6 is 0 Å². The van der Waals surface area contributed by atoms with Crippen molar-refractivity contribution in [3.8, 4) is 0 Å². The predicted octanol–water partition coefficient (Wildman–Crippen LogP) is -0.563. The van der Waals surface area contributed by atoms with E-state index in [9.17, 15) is 8.78 Å². The topological polar surface area (TPSA) is 115 Å². The van der Waals surface area contributed by atoms with Gasteiger partial charge in [0.2, 0.25) is 0 Å². The molecule has 0 saturated carbocycles. The molecular weight excluding hydrogens is 343 g/mol. The third-order valence-electron chi connectivity index (χ3n) is 0.728. The van der Waals surface area contributed by atoms with E-state index in [0.29, 0.717) is 0 Å². The summed E-state index contributed by atoms with van der Waals surface area (Å²) in [5, 5.41) is 17.8. The average molecular weight is 355 g/mol. The summed E-state index contributed by atoms with van der Waals surface area (Å²) in [6.45, 7) is 1.94. The number of hydrogen-bond donors (Lipinski definition) is 1. The molecule has 1 rings (SSSR count). The number of carboxylic acids is 2. The molecule has 0 saturated heterocycles. The minimum absolute atomic E-state index is 0. The molecule has 1 aromatic rings. The Morgan fingerprint density at radius 3 is 1.67 bits per heavy atom. The fraction of sp³-hybridized carbons (Fsp3) is 0.200. The number of aliphatic carboxylic acids is 2. The van der Waals surface area contributed by atoms with Crippen LogP contribution in [0, 0.1) is 17.7 Å². The average Bonchev–Trinajstić information content (AvgIpc) is 2.00. The molecule has 0 aliphatic heterocycles. The van der Waals surface area contributed by atoms with E-state index >= 15 is 0 Å². The third kappa shape index (κ3) is 36.5. The summed E-state index contributed by atoms with van der Waals surface area (Å²) in [5.74, 6) is -3.40. The number of halogens is 2. The number of carbonyl (C=O) groups excluding carboxylic acids is 2. The maximum Gasteiger partial charge on any atom is 2.00 e. The summed E-state index contributed by atoms with van der Waals surface area (Å²) in [5.41, 5.74) is 0. The molecule has 18 heavy (non-hydrogen) atoms. The molecule has 0 spiro atoms. The number of rotatable bonds is 0. The Morgan fingerprint density at radius 2 is 1.50 bits per heavy atom. The van der Waals surface area contributed by atoms with Gasteiger partial charge in [0, 0.05) is 23.6 Å². The fourth-order valence-corrected chi connectivity index (χ4v) is 0.412. The molecule has 0 atom stereocenters. The van der Waals surface area contributed by atoms with Crippen LogP contribution in [0.5, 0.6) is 0 Å². The van der Waals surface area contributed by atoms with Crippen molar-refractivity contribution in [1.82, 2.24) is 6.15 Å². The Bertz CT molecular complexity index is 313. The van der Waals surface area contributed by atoms with Gasteiger partial charge >= 0.3 is 20.4 Å². The van der Waals surface area contributed by atoms with E-state index in [1.54, 1.807) is 0 Å². The monoisotopic (exact) mass is 354 g/mol. The first kappa shape index (κ1) is 25.5. The number of hydrogen-bond acceptors (Lipinski definition) is 5. The van der Waals surface area contributed by atoms with Crippen molar-refractivity contribution in [2.75, 3.05) is 0 Å². The molecule has 0 radical (unpaired) electrons. The second kappa shape index (κ2) is 15.6. The molecule has 0 fully saturated rings. The molecule has 106 valence electrons. The molecule has 0 aromatic heterocycles. The van der Waals surface area contributed by atoms with Crippen molar-refractivity contribution in [2.45, 2.75) is 13.8 Å². The van der Waals surface area contributed by atoms with Crippen LogP contribution in [-0.2, 0) is 30.0 Å². The smallest absolute Gasteiger partial charge is 0.550 e. The SMILES string of the molecule is CC(=O)[O-].CC(=O)[O-].Fc1[c-]ccc(F)c1.N.[Pd+2]. The van der Waals surface area contributed by atoms with Crippen molar-refractivity contribution in [2.24, 2.45) is 0 Å². The quantitative estimate of drug-likeness (QED) is 0.495. The molecule has 3 N–H and O–H groups in total. The first-order chi connectivity index (χ1) is 7.25. The van der Waals surface area contributed by atoms with Crippen LogP contribution in [0.1, 0.15) is 13.8 Å². The second-order valence-corrected chi connectivity index (χ2v) is 2.34. The van der Waals surface area contributed by atoms with Gasteiger partial charge in [-0.3, -0.25) is 0 Å². The van der Waals surface area contributed by atoms with E-state index in [2.05, 4.69) is 6.07 Å². The minimum Gasteiger partial charge on any atom is -0.550 e. The molecule has 0 heterocycles. The van der Waals surface area contributed by atoms with Gasteiger partial charge in [0.15, 0.2) is 0 Å². The van der Waals surface area contributed by atoms with Gasteiger partial charge in [0.1, 0.15) is 0 Å². The Kier molecular flexibility index (Phi) is 22.1. The van der Waals surface area contributed by atoms with E-state index in [0.717, 1.165) is 26.0 Å². The standard InChI is InChI=1S/C6H3F2.2C2H4O2.H3N.Pd/c7-5-2-1-3-6(8)4-5;2*1-2(3)4;;/h1-2,4H;2*1H3,(H,3,4);1H3;/q-1;;;;+2/p-2. The van der Waals surface area contributed by atoms with Crippen molar-refractivity contribution in [3.63, 3.8) is 0 Å². The normalized spacial score (nSPS) is 6.89. The molecule has 1 aromatic carbocycles. The van der Waals surface area contributed by atoms with Crippen LogP contribution in [0.25, 0.3) is 0 Å². The molecule has 0 unspecified atom stereocenters. The van der Waals surface area contributed by atoms with Crippen molar-refractivity contribution in [3.05, 3.63) is 35.9 Å². The van der Waals surface area contributed by atoms with E-state index in [4.69, 9.17) is 19.8 Å². The molecule has 8 heteroatoms. The Balaban J connectivity index is -0.0000000860. The number of carbonyl (C=O) groups is 2. The zero-order valence-corrected chi connectivity index (χ0v) is 11.2. The van der Waals surface area contributed by atoms with E-state index in [-0.39, 0.29) is 26.6 Å². The second-order valence-electron chi connectivity index (χ2n) is 2.34. The van der Waals surface area contributed by atoms with Crippen LogP contribution in [0.3, 0.4) is 0 Å². The van der Waals surface area contributed by atoms with Crippen molar-refractivity contribution < 1.29 is 49.0 Å². The van der Waals surface area contributed by atoms with E-state index < -0.39 is 23.6 Å². The fourth-order valence-electron chi connectivity index (χ4n) is 0.412. The van der Waals surface area contributed by atoms with Crippen LogP contribution in [-0.4, -0.2) is 11.9 Å². The van der Waals surface area contributed by atoms with Gasteiger partial charge in [-0.15, -0.1) is 18.2 Å². The molecule has 0 aliphatic rings. The summed E-state index contributed by atoms with van der Waals surface area (Å²) in [6, 6.07) is 5.28. The zero-order valence-electron chi connectivity index (χ0n) is 9.64. The molecule has 0 aliphatic carbocycles. The summed E-state index contributed by atoms with van der Waals surface area (Å²) in [4.78, 5) is 17.8. The Hall–Kier alpha value is -1.36. The van der Waals surface area contributed by atoms with Gasteiger partial charge in [-0.1, -0.05) is 0 Å². The van der Waals surface area contributed by atoms with Gasteiger partial charge in [-0.2, -0.15) is 6.07 Å². The largest absolute Gasteiger partial charge is 2.00 e. The number of benzene rings is 1. The van der Waals surface area contributed by atoms with Gasteiger partial charge in [0.05, 0.1) is 0 Å². The van der Waals surface area contributed by atoms with Gasteiger partial charge in [-0.25, -0.2) is 8.78 Å². The van der Waals surface area contributed by atoms with Gasteiger partial charge in [0.25, 0.3) is 0 Å². The van der Waals surface area contributed by atoms with Gasteiger partial charge < -0.3 is 26.0 Å². The van der Waals surface area contributed by atoms with Crippen LogP contribution < -0.4 is 16.4 Å². The maximum atomic E-state index is 11.9. The van der Waals surface area contributed by atoms with Crippen LogP contribution in [0.4, 0.5) is 8.78 Å². The zero-order chi connectivity index (χ0) is 13.1. The molecule has 0 bridgehead atoms. The van der Waals surface area contributed by atoms with E-state index in [1.165, 1.54) is 6.07 Å². The summed E-state index contributed by atoms with van der Waals surface area (Å²) in [6.07, 6.45) is 0. The predicted molar refractivity (Wildman–Crippen MR) is 51.6 cm³/mol. The first-order valence-corrected chi connectivity index (χ1v) is 3.93. The van der Waals surface area contributed by atoms with E-state index in [1.807, 2.05) is 0 Å². The summed E-state index contributed by atoms with van der Waals surface area (Å²) < 4.78 is 23.8. The number of carboxylic acid groups (broad SMARTS) is 2. The Labute approximate surface area is 117 Å². The maximum absolute atomic E-state index is 11.9. The molecular formula is C10H12F2NO4Pd-.